The van der Waals surface area contributed by atoms with E-state index in [1.807, 2.05) is 0 Å². The predicted molar refractivity (Wildman–Crippen MR) is 273 cm³/mol. The standard InChI is InChI=1S/C60H40BNO2Si/c1-4-20-43(21-5-1)65(44-22-6-2-7-23-44,45-24-8-3-9-25-45)59-35-19-14-27-47(59)41-36-37-52-57(39-41)63-58-40-42(38-51-50-30-13-18-34-56(50)64-61(52)60(51)58)46-26-10-15-31-53(46)62-54-32-16-11-28-48(54)49-29-12-17-33-55(49)62/h1-40H. The fourth-order valence-electron chi connectivity index (χ4n) is 10.9. The highest BCUT2D eigenvalue weighted by atomic mass is 28.3. The molecule has 0 amide bonds. The fraction of sp³-hybridized carbons (Fsp3) is 0. The van der Waals surface area contributed by atoms with E-state index >= 15 is 0 Å². The second kappa shape index (κ2) is 15.0. The molecule has 13 rings (SSSR count). The SMILES string of the molecule is c1ccc([Si](c2ccccc2)(c2ccccc2)c2ccccc2-c2ccc3c(c2)Oc2cc(-c4ccccc4-n4c5ccccc5c5ccccc54)cc4c2B3Oc2ccccc2-4)cc1. The molecule has 0 atom stereocenters. The molecule has 0 aliphatic carbocycles. The number of benzene rings is 10. The summed E-state index contributed by atoms with van der Waals surface area (Å²) in [6.45, 7) is -0.337. The molecule has 1 aromatic heterocycles. The van der Waals surface area contributed by atoms with Crippen LogP contribution in [0.4, 0.5) is 0 Å². The summed E-state index contributed by atoms with van der Waals surface area (Å²) in [6, 6.07) is 88.3. The Bertz CT molecular complexity index is 3470. The van der Waals surface area contributed by atoms with Crippen molar-refractivity contribution >= 4 is 68.5 Å². The van der Waals surface area contributed by atoms with Crippen molar-refractivity contribution in [1.29, 1.82) is 0 Å². The first kappa shape index (κ1) is 37.4. The number of ether oxygens (including phenoxy) is 1. The van der Waals surface area contributed by atoms with Crippen LogP contribution >= 0.6 is 0 Å². The summed E-state index contributed by atoms with van der Waals surface area (Å²) in [4.78, 5) is 0. The quantitative estimate of drug-likeness (QED) is 0.118. The number of nitrogens with zero attached hydrogens (tertiary/aromatic N) is 1. The third kappa shape index (κ3) is 5.76. The van der Waals surface area contributed by atoms with Gasteiger partial charge in [-0.1, -0.05) is 200 Å². The molecule has 3 heterocycles. The Labute approximate surface area is 379 Å². The normalized spacial score (nSPS) is 12.5. The van der Waals surface area contributed by atoms with Crippen molar-refractivity contribution in [3.8, 4) is 56.3 Å². The van der Waals surface area contributed by atoms with Gasteiger partial charge in [-0.05, 0) is 85.5 Å². The van der Waals surface area contributed by atoms with E-state index in [0.717, 1.165) is 61.7 Å². The second-order valence-electron chi connectivity index (χ2n) is 17.1. The Morgan fingerprint density at radius 2 is 0.892 bits per heavy atom. The lowest BCUT2D eigenvalue weighted by molar-refractivity contribution is 0.480. The van der Waals surface area contributed by atoms with Gasteiger partial charge in [0.15, 0.2) is 8.07 Å². The van der Waals surface area contributed by atoms with E-state index in [9.17, 15) is 0 Å². The molecular weight excluding hydrogens is 806 g/mol. The molecule has 304 valence electrons. The summed E-state index contributed by atoms with van der Waals surface area (Å²) >= 11 is 0. The van der Waals surface area contributed by atoms with Crippen LogP contribution in [0.25, 0.3) is 60.9 Å². The molecule has 0 unspecified atom stereocenters. The Kier molecular flexibility index (Phi) is 8.65. The van der Waals surface area contributed by atoms with E-state index in [1.54, 1.807) is 0 Å². The molecule has 0 bridgehead atoms. The van der Waals surface area contributed by atoms with Gasteiger partial charge in [-0.15, -0.1) is 0 Å². The molecule has 0 fully saturated rings. The molecule has 65 heavy (non-hydrogen) atoms. The summed E-state index contributed by atoms with van der Waals surface area (Å²) in [5.41, 5.74) is 12.3. The van der Waals surface area contributed by atoms with E-state index in [1.165, 1.54) is 48.1 Å². The van der Waals surface area contributed by atoms with Gasteiger partial charge >= 0.3 is 6.92 Å². The summed E-state index contributed by atoms with van der Waals surface area (Å²) in [5, 5.41) is 7.81. The highest BCUT2D eigenvalue weighted by Crippen LogP contribution is 2.44. The summed E-state index contributed by atoms with van der Waals surface area (Å²) < 4.78 is 16.7. The number of hydrogen-bond donors (Lipinski definition) is 0. The van der Waals surface area contributed by atoms with Crippen LogP contribution in [0, 0.1) is 0 Å². The van der Waals surface area contributed by atoms with Crippen molar-refractivity contribution in [2.24, 2.45) is 0 Å². The zero-order valence-electron chi connectivity index (χ0n) is 35.4. The van der Waals surface area contributed by atoms with Gasteiger partial charge in [-0.2, -0.15) is 0 Å². The molecular formula is C60H40BNO2Si. The highest BCUT2D eigenvalue weighted by molar-refractivity contribution is 7.20. The molecule has 0 radical (unpaired) electrons. The predicted octanol–water partition coefficient (Wildman–Crippen LogP) is 10.8. The zero-order chi connectivity index (χ0) is 42.9. The number of fused-ring (bicyclic) bond motifs is 7. The van der Waals surface area contributed by atoms with Gasteiger partial charge in [0.05, 0.1) is 16.7 Å². The maximum absolute atomic E-state index is 7.24. The van der Waals surface area contributed by atoms with Crippen molar-refractivity contribution in [2.45, 2.75) is 0 Å². The lowest BCUT2D eigenvalue weighted by Crippen LogP contribution is -2.75. The monoisotopic (exact) mass is 845 g/mol. The molecule has 0 spiro atoms. The largest absolute Gasteiger partial charge is 0.551 e. The Morgan fingerprint density at radius 3 is 1.55 bits per heavy atom. The van der Waals surface area contributed by atoms with E-state index in [4.69, 9.17) is 9.39 Å². The third-order valence-electron chi connectivity index (χ3n) is 13.6. The zero-order valence-corrected chi connectivity index (χ0v) is 36.4. The first-order valence-corrected chi connectivity index (χ1v) is 24.4. The Balaban J connectivity index is 1.00. The first-order chi connectivity index (χ1) is 32.3. The number of para-hydroxylation sites is 4. The minimum absolute atomic E-state index is 0.337. The van der Waals surface area contributed by atoms with Crippen LogP contribution in [0.2, 0.25) is 0 Å². The minimum Gasteiger partial charge on any atom is -0.551 e. The van der Waals surface area contributed by atoms with Crippen LogP contribution < -0.4 is 41.1 Å². The molecule has 0 saturated heterocycles. The van der Waals surface area contributed by atoms with Crippen LogP contribution in [0.15, 0.2) is 243 Å². The number of rotatable bonds is 7. The van der Waals surface area contributed by atoms with Crippen LogP contribution in [0.3, 0.4) is 0 Å². The van der Waals surface area contributed by atoms with Crippen molar-refractivity contribution in [2.75, 3.05) is 0 Å². The number of hydrogen-bond acceptors (Lipinski definition) is 2. The van der Waals surface area contributed by atoms with Crippen LogP contribution in [0.1, 0.15) is 0 Å². The topological polar surface area (TPSA) is 23.4 Å². The minimum atomic E-state index is -2.85. The maximum Gasteiger partial charge on any atom is 0.434 e. The fourth-order valence-corrected chi connectivity index (χ4v) is 15.9. The van der Waals surface area contributed by atoms with Gasteiger partial charge in [0.2, 0.25) is 0 Å². The highest BCUT2D eigenvalue weighted by Gasteiger charge is 2.44. The van der Waals surface area contributed by atoms with Gasteiger partial charge < -0.3 is 14.0 Å². The van der Waals surface area contributed by atoms with Gasteiger partial charge in [-0.25, -0.2) is 0 Å². The Hall–Kier alpha value is -8.12. The maximum atomic E-state index is 7.24. The van der Waals surface area contributed by atoms with Crippen molar-refractivity contribution in [3.63, 3.8) is 0 Å². The van der Waals surface area contributed by atoms with Crippen molar-refractivity contribution in [1.82, 2.24) is 4.57 Å². The van der Waals surface area contributed by atoms with Gasteiger partial charge in [0.1, 0.15) is 17.2 Å². The summed E-state index contributed by atoms with van der Waals surface area (Å²) in [6.07, 6.45) is 0. The second-order valence-corrected chi connectivity index (χ2v) is 20.8. The Morgan fingerprint density at radius 1 is 0.369 bits per heavy atom. The molecule has 0 saturated carbocycles. The first-order valence-electron chi connectivity index (χ1n) is 22.4. The van der Waals surface area contributed by atoms with Gasteiger partial charge in [0.25, 0.3) is 0 Å². The average molecular weight is 846 g/mol. The molecule has 3 nitrogen and oxygen atoms in total. The summed E-state index contributed by atoms with van der Waals surface area (Å²) in [5.74, 6) is 2.49. The van der Waals surface area contributed by atoms with E-state index < -0.39 is 8.07 Å². The van der Waals surface area contributed by atoms with E-state index in [0.29, 0.717) is 0 Å². The van der Waals surface area contributed by atoms with Crippen LogP contribution in [-0.2, 0) is 0 Å². The number of aromatic nitrogens is 1. The van der Waals surface area contributed by atoms with E-state index in [-0.39, 0.29) is 6.92 Å². The van der Waals surface area contributed by atoms with E-state index in [2.05, 4.69) is 247 Å². The molecule has 10 aromatic carbocycles. The van der Waals surface area contributed by atoms with Crippen LogP contribution in [0.5, 0.6) is 17.2 Å². The lowest BCUT2D eigenvalue weighted by Gasteiger charge is -2.36. The third-order valence-corrected chi connectivity index (χ3v) is 18.5. The molecule has 5 heteroatoms. The van der Waals surface area contributed by atoms with Gasteiger partial charge in [0, 0.05) is 32.8 Å². The molecule has 2 aliphatic heterocycles. The van der Waals surface area contributed by atoms with Crippen molar-refractivity contribution in [3.05, 3.63) is 243 Å². The smallest absolute Gasteiger partial charge is 0.434 e. The lowest BCUT2D eigenvalue weighted by atomic mass is 9.50. The summed E-state index contributed by atoms with van der Waals surface area (Å²) in [7, 11) is -2.85. The molecule has 2 aliphatic rings. The van der Waals surface area contributed by atoms with Crippen LogP contribution in [-0.4, -0.2) is 19.6 Å². The average Bonchev–Trinajstić information content (AvgIpc) is 3.72. The van der Waals surface area contributed by atoms with Gasteiger partial charge in [-0.3, -0.25) is 0 Å². The van der Waals surface area contributed by atoms with Crippen molar-refractivity contribution < 1.29 is 9.39 Å². The molecule has 11 aromatic rings. The molecule has 0 N–H and O–H groups in total.